The predicted molar refractivity (Wildman–Crippen MR) is 86.2 cm³/mol. The molecule has 3 nitrogen and oxygen atoms in total. The third-order valence-electron chi connectivity index (χ3n) is 2.90. The van der Waals surface area contributed by atoms with Crippen molar-refractivity contribution >= 4 is 34.9 Å². The second-order valence-electron chi connectivity index (χ2n) is 5.55. The number of aromatic amines is 1. The fourth-order valence-corrected chi connectivity index (χ4v) is 2.26. The van der Waals surface area contributed by atoms with Gasteiger partial charge in [0.2, 0.25) is 0 Å². The van der Waals surface area contributed by atoms with Crippen LogP contribution in [-0.2, 0) is 13.0 Å². The van der Waals surface area contributed by atoms with Gasteiger partial charge in [0.15, 0.2) is 0 Å². The SMILES string of the molecule is C[N+](C)(C)Cc1[nH]c2ccccc2c1CCO.I. The minimum Gasteiger partial charge on any atom is -0.396 e. The third kappa shape index (κ3) is 3.46. The molecule has 2 N–H and O–H groups in total. The van der Waals surface area contributed by atoms with Crippen LogP contribution in [0, 0.1) is 0 Å². The molecular formula is C14H22IN2O+. The second kappa shape index (κ2) is 6.04. The zero-order valence-electron chi connectivity index (χ0n) is 11.2. The molecule has 0 amide bonds. The summed E-state index contributed by atoms with van der Waals surface area (Å²) in [4.78, 5) is 3.48. The van der Waals surface area contributed by atoms with Gasteiger partial charge >= 0.3 is 0 Å². The maximum Gasteiger partial charge on any atom is 0.119 e. The normalized spacial score (nSPS) is 11.6. The molecule has 0 saturated carbocycles. The Bertz CT molecular complexity index is 514. The maximum absolute atomic E-state index is 9.20. The summed E-state index contributed by atoms with van der Waals surface area (Å²) in [6, 6.07) is 8.30. The number of fused-ring (bicyclic) bond motifs is 1. The molecule has 100 valence electrons. The Morgan fingerprint density at radius 2 is 1.83 bits per heavy atom. The molecule has 4 heteroatoms. The lowest BCUT2D eigenvalue weighted by Crippen LogP contribution is -2.33. The van der Waals surface area contributed by atoms with Gasteiger partial charge in [-0.05, 0) is 18.1 Å². The molecule has 0 unspecified atom stereocenters. The van der Waals surface area contributed by atoms with Crippen molar-refractivity contribution in [2.24, 2.45) is 0 Å². The zero-order chi connectivity index (χ0) is 12.5. The highest BCUT2D eigenvalue weighted by Gasteiger charge is 2.16. The first-order valence-electron chi connectivity index (χ1n) is 6.01. The summed E-state index contributed by atoms with van der Waals surface area (Å²) in [5, 5.41) is 10.4. The quantitative estimate of drug-likeness (QED) is 0.637. The summed E-state index contributed by atoms with van der Waals surface area (Å²) >= 11 is 0. The van der Waals surface area contributed by atoms with Crippen molar-refractivity contribution in [2.45, 2.75) is 13.0 Å². The van der Waals surface area contributed by atoms with Crippen molar-refractivity contribution in [1.82, 2.24) is 4.98 Å². The van der Waals surface area contributed by atoms with Crippen molar-refractivity contribution in [2.75, 3.05) is 27.7 Å². The first-order valence-corrected chi connectivity index (χ1v) is 6.01. The van der Waals surface area contributed by atoms with Gasteiger partial charge in [-0.1, -0.05) is 18.2 Å². The molecule has 0 fully saturated rings. The van der Waals surface area contributed by atoms with Crippen LogP contribution in [0.5, 0.6) is 0 Å². The van der Waals surface area contributed by atoms with Crippen LogP contribution in [0.25, 0.3) is 10.9 Å². The van der Waals surface area contributed by atoms with E-state index in [2.05, 4.69) is 38.3 Å². The number of benzene rings is 1. The predicted octanol–water partition coefficient (Wildman–Crippen LogP) is 2.53. The van der Waals surface area contributed by atoms with Crippen LogP contribution in [0.3, 0.4) is 0 Å². The molecular weight excluding hydrogens is 339 g/mol. The maximum atomic E-state index is 9.20. The van der Waals surface area contributed by atoms with E-state index >= 15 is 0 Å². The van der Waals surface area contributed by atoms with Gasteiger partial charge in [-0.3, -0.25) is 0 Å². The van der Waals surface area contributed by atoms with E-state index in [0.29, 0.717) is 0 Å². The van der Waals surface area contributed by atoms with Crippen molar-refractivity contribution in [3.8, 4) is 0 Å². The average molecular weight is 361 g/mol. The van der Waals surface area contributed by atoms with E-state index in [1.807, 2.05) is 12.1 Å². The van der Waals surface area contributed by atoms with Gasteiger partial charge in [-0.25, -0.2) is 0 Å². The summed E-state index contributed by atoms with van der Waals surface area (Å²) in [6.07, 6.45) is 0.722. The van der Waals surface area contributed by atoms with Gasteiger partial charge in [-0.15, -0.1) is 24.0 Å². The molecule has 0 saturated heterocycles. The first kappa shape index (κ1) is 15.5. The molecule has 1 aromatic carbocycles. The van der Waals surface area contributed by atoms with Gasteiger partial charge in [-0.2, -0.15) is 0 Å². The van der Waals surface area contributed by atoms with Crippen LogP contribution < -0.4 is 0 Å². The molecule has 0 spiro atoms. The number of halogens is 1. The van der Waals surface area contributed by atoms with Crippen molar-refractivity contribution in [3.63, 3.8) is 0 Å². The molecule has 0 aliphatic carbocycles. The van der Waals surface area contributed by atoms with Crippen LogP contribution in [0.1, 0.15) is 11.3 Å². The van der Waals surface area contributed by atoms with Crippen LogP contribution >= 0.6 is 24.0 Å². The van der Waals surface area contributed by atoms with E-state index in [0.717, 1.165) is 17.4 Å². The highest BCUT2D eigenvalue weighted by Crippen LogP contribution is 2.24. The minimum absolute atomic E-state index is 0. The molecule has 0 radical (unpaired) electrons. The Hall–Kier alpha value is -0.590. The standard InChI is InChI=1S/C14H21N2O.HI/c1-16(2,3)10-14-12(8-9-17)11-6-4-5-7-13(11)15-14;/h4-7,15,17H,8-10H2,1-3H3;1H/q+1;. The number of quaternary nitrogens is 1. The van der Waals surface area contributed by atoms with E-state index in [-0.39, 0.29) is 30.6 Å². The van der Waals surface area contributed by atoms with Crippen molar-refractivity contribution in [1.29, 1.82) is 0 Å². The molecule has 0 bridgehead atoms. The fourth-order valence-electron chi connectivity index (χ4n) is 2.26. The Morgan fingerprint density at radius 1 is 1.17 bits per heavy atom. The number of para-hydroxylation sites is 1. The molecule has 18 heavy (non-hydrogen) atoms. The topological polar surface area (TPSA) is 36.0 Å². The monoisotopic (exact) mass is 361 g/mol. The van der Waals surface area contributed by atoms with Gasteiger partial charge < -0.3 is 14.6 Å². The second-order valence-corrected chi connectivity index (χ2v) is 5.55. The number of nitrogens with one attached hydrogen (secondary N) is 1. The van der Waals surface area contributed by atoms with Crippen LogP contribution in [0.15, 0.2) is 24.3 Å². The van der Waals surface area contributed by atoms with E-state index in [9.17, 15) is 5.11 Å². The highest BCUT2D eigenvalue weighted by atomic mass is 127. The number of hydrogen-bond donors (Lipinski definition) is 2. The number of rotatable bonds is 4. The lowest BCUT2D eigenvalue weighted by Gasteiger charge is -2.23. The Morgan fingerprint density at radius 3 is 2.44 bits per heavy atom. The van der Waals surface area contributed by atoms with Gasteiger partial charge in [0.1, 0.15) is 6.54 Å². The largest absolute Gasteiger partial charge is 0.396 e. The van der Waals surface area contributed by atoms with Crippen LogP contribution in [-0.4, -0.2) is 42.3 Å². The Balaban J connectivity index is 0.00000162. The Kier molecular flexibility index (Phi) is 5.19. The molecule has 2 aromatic rings. The third-order valence-corrected chi connectivity index (χ3v) is 2.90. The number of H-pyrrole nitrogens is 1. The van der Waals surface area contributed by atoms with Crippen molar-refractivity contribution < 1.29 is 9.59 Å². The lowest BCUT2D eigenvalue weighted by molar-refractivity contribution is -0.884. The Labute approximate surface area is 125 Å². The van der Waals surface area contributed by atoms with E-state index in [1.165, 1.54) is 22.2 Å². The summed E-state index contributed by atoms with van der Waals surface area (Å²) < 4.78 is 0.880. The van der Waals surface area contributed by atoms with Crippen molar-refractivity contribution in [3.05, 3.63) is 35.5 Å². The first-order chi connectivity index (χ1) is 8.01. The molecule has 2 rings (SSSR count). The molecule has 0 atom stereocenters. The van der Waals surface area contributed by atoms with E-state index in [1.54, 1.807) is 0 Å². The molecule has 1 aromatic heterocycles. The summed E-state index contributed by atoms with van der Waals surface area (Å²) in [5.74, 6) is 0. The van der Waals surface area contributed by atoms with Gasteiger partial charge in [0, 0.05) is 17.5 Å². The number of aromatic nitrogens is 1. The van der Waals surface area contributed by atoms with E-state index in [4.69, 9.17) is 0 Å². The van der Waals surface area contributed by atoms with Gasteiger partial charge in [0.05, 0.1) is 26.8 Å². The van der Waals surface area contributed by atoms with E-state index < -0.39 is 0 Å². The smallest absolute Gasteiger partial charge is 0.119 e. The highest BCUT2D eigenvalue weighted by molar-refractivity contribution is 14.0. The minimum atomic E-state index is 0. The van der Waals surface area contributed by atoms with Gasteiger partial charge in [0.25, 0.3) is 0 Å². The summed E-state index contributed by atoms with van der Waals surface area (Å²) in [5.41, 5.74) is 3.67. The summed E-state index contributed by atoms with van der Waals surface area (Å²) in [7, 11) is 6.52. The fraction of sp³-hybridized carbons (Fsp3) is 0.429. The number of hydrogen-bond acceptors (Lipinski definition) is 1. The number of aliphatic hydroxyl groups is 1. The molecule has 0 aliphatic heterocycles. The number of aliphatic hydroxyl groups excluding tert-OH is 1. The zero-order valence-corrected chi connectivity index (χ0v) is 13.6. The van der Waals surface area contributed by atoms with Crippen LogP contribution in [0.2, 0.25) is 0 Å². The average Bonchev–Trinajstić information content (AvgIpc) is 2.55. The summed E-state index contributed by atoms with van der Waals surface area (Å²) in [6.45, 7) is 1.15. The lowest BCUT2D eigenvalue weighted by atomic mass is 10.1. The molecule has 0 aliphatic rings. The van der Waals surface area contributed by atoms with Crippen LogP contribution in [0.4, 0.5) is 0 Å². The number of nitrogens with zero attached hydrogens (tertiary/aromatic N) is 1. The molecule has 1 heterocycles.